The maximum Gasteiger partial charge on any atom is 0.158 e. The Kier molecular flexibility index (Phi) is 6.65. The van der Waals surface area contributed by atoms with Gasteiger partial charge in [-0.25, -0.2) is 15.0 Å². The average molecular weight is 538 g/mol. The van der Waals surface area contributed by atoms with Crippen LogP contribution in [0, 0.1) is 12.3 Å². The molecule has 1 aromatic carbocycles. The van der Waals surface area contributed by atoms with Crippen LogP contribution < -0.4 is 21.3 Å². The molecule has 2 aromatic heterocycles. The fraction of sp³-hybridized carbons (Fsp3) is 0.444. The van der Waals surface area contributed by atoms with E-state index < -0.39 is 0 Å². The number of aromatic nitrogens is 3. The number of nitrogens with zero attached hydrogens (tertiary/aromatic N) is 5. The van der Waals surface area contributed by atoms with Gasteiger partial charge in [-0.05, 0) is 48.8 Å². The van der Waals surface area contributed by atoms with Crippen molar-refractivity contribution in [1.82, 2.24) is 15.0 Å². The Balaban J connectivity index is 1.18. The maximum atomic E-state index is 6.77. The number of benzene rings is 1. The van der Waals surface area contributed by atoms with Crippen molar-refractivity contribution in [3.63, 3.8) is 0 Å². The minimum atomic E-state index is 0.0920. The van der Waals surface area contributed by atoms with Crippen molar-refractivity contribution in [2.45, 2.75) is 42.1 Å². The summed E-state index contributed by atoms with van der Waals surface area (Å²) >= 11 is 8.20. The largest absolute Gasteiger partial charge is 0.381 e. The van der Waals surface area contributed by atoms with Gasteiger partial charge in [0.25, 0.3) is 0 Å². The quantitative estimate of drug-likeness (QED) is 0.505. The molecule has 3 aliphatic rings. The van der Waals surface area contributed by atoms with Crippen LogP contribution >= 0.6 is 23.4 Å². The summed E-state index contributed by atoms with van der Waals surface area (Å²) in [5.41, 5.74) is 16.9. The van der Waals surface area contributed by atoms with Crippen molar-refractivity contribution < 1.29 is 4.74 Å². The van der Waals surface area contributed by atoms with Crippen molar-refractivity contribution in [2.75, 3.05) is 54.9 Å². The van der Waals surface area contributed by atoms with E-state index in [1.807, 2.05) is 13.0 Å². The summed E-state index contributed by atoms with van der Waals surface area (Å²) in [7, 11) is 0. The smallest absolute Gasteiger partial charge is 0.158 e. The minimum Gasteiger partial charge on any atom is -0.381 e. The summed E-state index contributed by atoms with van der Waals surface area (Å²) in [5, 5.41) is 1.26. The highest BCUT2D eigenvalue weighted by Crippen LogP contribution is 2.51. The molecule has 2 aliphatic heterocycles. The molecule has 0 radical (unpaired) electrons. The van der Waals surface area contributed by atoms with Gasteiger partial charge in [0, 0.05) is 43.3 Å². The molecule has 194 valence electrons. The van der Waals surface area contributed by atoms with Gasteiger partial charge in [-0.1, -0.05) is 47.6 Å². The van der Waals surface area contributed by atoms with Crippen molar-refractivity contribution in [3.05, 3.63) is 58.4 Å². The van der Waals surface area contributed by atoms with Gasteiger partial charge >= 0.3 is 0 Å². The SMILES string of the molecule is Cc1nc(Sc2ccnc(N3CCOCC3)c2Cl)c(N)nc1N1CCC2(CC1)Cc1ccccc1[C@H]2N. The van der Waals surface area contributed by atoms with Crippen LogP contribution in [-0.2, 0) is 11.2 Å². The Morgan fingerprint density at radius 3 is 2.51 bits per heavy atom. The summed E-state index contributed by atoms with van der Waals surface area (Å²) < 4.78 is 5.46. The molecule has 4 N–H and O–H groups in total. The Hall–Kier alpha value is -2.59. The van der Waals surface area contributed by atoms with E-state index in [1.165, 1.54) is 22.9 Å². The van der Waals surface area contributed by atoms with Crippen LogP contribution in [0.3, 0.4) is 0 Å². The lowest BCUT2D eigenvalue weighted by Gasteiger charge is -2.42. The second kappa shape index (κ2) is 9.94. The summed E-state index contributed by atoms with van der Waals surface area (Å²) in [4.78, 5) is 19.5. The van der Waals surface area contributed by atoms with Gasteiger partial charge in [-0.2, -0.15) is 0 Å². The van der Waals surface area contributed by atoms with Gasteiger partial charge in [0.1, 0.15) is 10.8 Å². The lowest BCUT2D eigenvalue weighted by atomic mass is 9.73. The molecule has 1 atom stereocenters. The fourth-order valence-electron chi connectivity index (χ4n) is 5.94. The number of aryl methyl sites for hydroxylation is 1. The molecule has 3 aromatic rings. The molecule has 6 rings (SSSR count). The first-order valence-corrected chi connectivity index (χ1v) is 14.0. The highest BCUT2D eigenvalue weighted by molar-refractivity contribution is 7.99. The standard InChI is InChI=1S/C27H32ClN7OS/c1-17-24(34-10-7-27(8-11-34)16-18-4-2-3-5-19(18)22(27)29)33-23(30)26(32-17)37-20-6-9-31-25(21(20)28)35-12-14-36-15-13-35/h2-6,9,22H,7-8,10-16,29H2,1H3,(H2,30,33)/t22-/m1/s1. The third-order valence-corrected chi connectivity index (χ3v) is 9.58. The van der Waals surface area contributed by atoms with Crippen LogP contribution in [0.5, 0.6) is 0 Å². The van der Waals surface area contributed by atoms with Crippen molar-refractivity contribution in [3.8, 4) is 0 Å². The number of nitrogens with two attached hydrogens (primary N) is 2. The van der Waals surface area contributed by atoms with Crippen molar-refractivity contribution >= 4 is 40.8 Å². The third kappa shape index (κ3) is 4.52. The monoisotopic (exact) mass is 537 g/mol. The molecule has 0 saturated carbocycles. The molecule has 10 heteroatoms. The zero-order valence-electron chi connectivity index (χ0n) is 21.0. The molecule has 8 nitrogen and oxygen atoms in total. The predicted octanol–water partition coefficient (Wildman–Crippen LogP) is 4.25. The van der Waals surface area contributed by atoms with E-state index in [-0.39, 0.29) is 11.5 Å². The minimum absolute atomic E-state index is 0.0920. The zero-order chi connectivity index (χ0) is 25.6. The van der Waals surface area contributed by atoms with E-state index in [0.29, 0.717) is 29.1 Å². The molecule has 0 bridgehead atoms. The van der Waals surface area contributed by atoms with Crippen LogP contribution in [0.15, 0.2) is 46.5 Å². The lowest BCUT2D eigenvalue weighted by molar-refractivity contribution is 0.122. The van der Waals surface area contributed by atoms with Crippen LogP contribution in [0.4, 0.5) is 17.5 Å². The van der Waals surface area contributed by atoms with E-state index in [1.54, 1.807) is 6.20 Å². The Bertz CT molecular complexity index is 1310. The second-order valence-corrected chi connectivity index (χ2v) is 11.6. The first-order valence-electron chi connectivity index (χ1n) is 12.8. The number of ether oxygens (including phenoxy) is 1. The van der Waals surface area contributed by atoms with Crippen molar-refractivity contribution in [2.24, 2.45) is 11.1 Å². The number of hydrogen-bond donors (Lipinski definition) is 2. The molecule has 1 aliphatic carbocycles. The number of rotatable bonds is 4. The average Bonchev–Trinajstić information content (AvgIpc) is 3.19. The summed E-state index contributed by atoms with van der Waals surface area (Å²) in [6, 6.07) is 10.6. The molecule has 1 spiro atoms. The zero-order valence-corrected chi connectivity index (χ0v) is 22.6. The van der Waals surface area contributed by atoms with Gasteiger partial charge < -0.3 is 26.0 Å². The van der Waals surface area contributed by atoms with E-state index in [0.717, 1.165) is 67.7 Å². The summed E-state index contributed by atoms with van der Waals surface area (Å²) in [6.45, 7) is 6.66. The molecule has 4 heterocycles. The first-order chi connectivity index (χ1) is 17.9. The summed E-state index contributed by atoms with van der Waals surface area (Å²) in [6.07, 6.45) is 4.88. The number of anilines is 3. The van der Waals surface area contributed by atoms with E-state index in [4.69, 9.17) is 37.8 Å². The number of piperidine rings is 1. The van der Waals surface area contributed by atoms with Crippen LogP contribution in [0.2, 0.25) is 5.02 Å². The van der Waals surface area contributed by atoms with Crippen LogP contribution in [0.25, 0.3) is 0 Å². The van der Waals surface area contributed by atoms with Gasteiger partial charge in [0.05, 0.1) is 23.9 Å². The van der Waals surface area contributed by atoms with E-state index in [2.05, 4.69) is 39.0 Å². The topological polar surface area (TPSA) is 106 Å². The summed E-state index contributed by atoms with van der Waals surface area (Å²) in [5.74, 6) is 2.04. The number of pyridine rings is 1. The Morgan fingerprint density at radius 2 is 1.76 bits per heavy atom. The van der Waals surface area contributed by atoms with Crippen LogP contribution in [0.1, 0.15) is 35.7 Å². The number of fused-ring (bicyclic) bond motifs is 1. The molecular formula is C27H32ClN7OS. The Morgan fingerprint density at radius 1 is 1.03 bits per heavy atom. The molecule has 2 fully saturated rings. The highest BCUT2D eigenvalue weighted by Gasteiger charge is 2.46. The molecule has 2 saturated heterocycles. The van der Waals surface area contributed by atoms with Gasteiger partial charge in [-0.3, -0.25) is 0 Å². The van der Waals surface area contributed by atoms with Gasteiger partial charge in [0.2, 0.25) is 0 Å². The van der Waals surface area contributed by atoms with Crippen molar-refractivity contribution in [1.29, 1.82) is 0 Å². The highest BCUT2D eigenvalue weighted by atomic mass is 35.5. The van der Waals surface area contributed by atoms with Crippen LogP contribution in [-0.4, -0.2) is 54.3 Å². The molecular weight excluding hydrogens is 506 g/mol. The van der Waals surface area contributed by atoms with E-state index in [9.17, 15) is 0 Å². The lowest BCUT2D eigenvalue weighted by Crippen LogP contribution is -2.45. The number of morpholine rings is 1. The van der Waals surface area contributed by atoms with Gasteiger partial charge in [-0.15, -0.1) is 0 Å². The van der Waals surface area contributed by atoms with E-state index >= 15 is 0 Å². The second-order valence-electron chi connectivity index (χ2n) is 10.2. The third-order valence-electron chi connectivity index (χ3n) is 8.04. The molecule has 0 unspecified atom stereocenters. The molecule has 0 amide bonds. The normalized spacial score (nSPS) is 20.9. The number of halogens is 1. The maximum absolute atomic E-state index is 6.77. The Labute approximate surface area is 226 Å². The number of hydrogen-bond acceptors (Lipinski definition) is 9. The van der Waals surface area contributed by atoms with Gasteiger partial charge in [0.15, 0.2) is 11.6 Å². The molecule has 37 heavy (non-hydrogen) atoms. The first kappa shape index (κ1) is 24.7. The number of nitrogen functional groups attached to an aromatic ring is 1. The predicted molar refractivity (Wildman–Crippen MR) is 149 cm³/mol. The fourth-order valence-corrected chi connectivity index (χ4v) is 7.14.